The summed E-state index contributed by atoms with van der Waals surface area (Å²) in [6.45, 7) is -0.311. The second-order valence-corrected chi connectivity index (χ2v) is 9.09. The molecule has 3 amide bonds. The lowest BCUT2D eigenvalue weighted by Gasteiger charge is -2.25. The number of carboxylic acids is 2. The number of benzene rings is 1. The molecule has 14 heteroatoms. The van der Waals surface area contributed by atoms with Crippen molar-refractivity contribution in [1.82, 2.24) is 20.9 Å². The van der Waals surface area contributed by atoms with E-state index in [4.69, 9.17) is 21.7 Å². The summed E-state index contributed by atoms with van der Waals surface area (Å²) in [5.74, 6) is -5.02. The van der Waals surface area contributed by atoms with Crippen LogP contribution in [0.15, 0.2) is 30.5 Å². The Kier molecular flexibility index (Phi) is 12.3. The number of nitrogens with two attached hydrogens (primary N) is 2. The number of carboxylic acid groups (broad SMARTS) is 2. The largest absolute Gasteiger partial charge is 0.481 e. The highest BCUT2D eigenvalue weighted by Gasteiger charge is 2.31. The highest BCUT2D eigenvalue weighted by atomic mass is 16.4. The van der Waals surface area contributed by atoms with Gasteiger partial charge in [0.15, 0.2) is 0 Å². The molecule has 0 aliphatic rings. The first-order valence-corrected chi connectivity index (χ1v) is 12.5. The molecule has 11 N–H and O–H groups in total. The van der Waals surface area contributed by atoms with E-state index in [0.29, 0.717) is 24.9 Å². The SMILES string of the molecule is NCCCCC(NC(=O)C(N)CO)C(=O)NC(CCC(=O)O)C(=O)NC(Cc1c[nH]c2ccccc12)C(=O)O. The molecule has 0 spiro atoms. The van der Waals surface area contributed by atoms with Gasteiger partial charge in [-0.3, -0.25) is 19.2 Å². The first-order chi connectivity index (χ1) is 18.6. The van der Waals surface area contributed by atoms with E-state index in [2.05, 4.69) is 20.9 Å². The van der Waals surface area contributed by atoms with Crippen LogP contribution in [0.1, 0.15) is 37.7 Å². The molecule has 0 radical (unpaired) electrons. The van der Waals surface area contributed by atoms with Gasteiger partial charge in [-0.05, 0) is 43.9 Å². The van der Waals surface area contributed by atoms with Crippen molar-refractivity contribution >= 4 is 40.6 Å². The van der Waals surface area contributed by atoms with Gasteiger partial charge in [0.05, 0.1) is 6.61 Å². The zero-order valence-corrected chi connectivity index (χ0v) is 21.4. The quantitative estimate of drug-likeness (QED) is 0.104. The monoisotopic (exact) mass is 548 g/mol. The Bertz CT molecular complexity index is 1150. The van der Waals surface area contributed by atoms with Crippen LogP contribution < -0.4 is 27.4 Å². The Labute approximate surface area is 224 Å². The van der Waals surface area contributed by atoms with E-state index in [1.54, 1.807) is 18.3 Å². The van der Waals surface area contributed by atoms with Crippen LogP contribution in [-0.2, 0) is 30.4 Å². The van der Waals surface area contributed by atoms with Gasteiger partial charge in [0.2, 0.25) is 17.7 Å². The topological polar surface area (TPSA) is 250 Å². The summed E-state index contributed by atoms with van der Waals surface area (Å²) in [4.78, 5) is 64.6. The van der Waals surface area contributed by atoms with Crippen molar-refractivity contribution in [1.29, 1.82) is 0 Å². The third kappa shape index (κ3) is 9.67. The first kappa shape index (κ1) is 31.2. The predicted octanol–water partition coefficient (Wildman–Crippen LogP) is -1.44. The van der Waals surface area contributed by atoms with Crippen LogP contribution in [0.5, 0.6) is 0 Å². The van der Waals surface area contributed by atoms with Crippen LogP contribution in [0.25, 0.3) is 10.9 Å². The van der Waals surface area contributed by atoms with E-state index in [1.165, 1.54) is 0 Å². The zero-order valence-electron chi connectivity index (χ0n) is 21.4. The zero-order chi connectivity index (χ0) is 28.9. The molecular weight excluding hydrogens is 512 g/mol. The Balaban J connectivity index is 2.19. The van der Waals surface area contributed by atoms with Gasteiger partial charge in [-0.1, -0.05) is 18.2 Å². The lowest BCUT2D eigenvalue weighted by molar-refractivity contribution is -0.143. The molecule has 2 aromatic rings. The minimum Gasteiger partial charge on any atom is -0.481 e. The van der Waals surface area contributed by atoms with Crippen molar-refractivity contribution in [3.63, 3.8) is 0 Å². The van der Waals surface area contributed by atoms with Crippen LogP contribution in [0.2, 0.25) is 0 Å². The molecule has 0 aliphatic carbocycles. The van der Waals surface area contributed by atoms with Crippen LogP contribution in [0, 0.1) is 0 Å². The third-order valence-corrected chi connectivity index (χ3v) is 6.11. The highest BCUT2D eigenvalue weighted by molar-refractivity contribution is 5.94. The van der Waals surface area contributed by atoms with Crippen molar-refractivity contribution in [3.05, 3.63) is 36.0 Å². The number of hydrogen-bond donors (Lipinski definition) is 9. The van der Waals surface area contributed by atoms with E-state index in [-0.39, 0.29) is 19.3 Å². The smallest absolute Gasteiger partial charge is 0.326 e. The van der Waals surface area contributed by atoms with Crippen LogP contribution >= 0.6 is 0 Å². The van der Waals surface area contributed by atoms with Gasteiger partial charge >= 0.3 is 11.9 Å². The van der Waals surface area contributed by atoms with Gasteiger partial charge in [0, 0.05) is 29.9 Å². The molecule has 214 valence electrons. The van der Waals surface area contributed by atoms with Crippen LogP contribution in [-0.4, -0.2) is 87.3 Å². The second kappa shape index (κ2) is 15.4. The lowest BCUT2D eigenvalue weighted by atomic mass is 10.0. The van der Waals surface area contributed by atoms with E-state index in [1.807, 2.05) is 12.1 Å². The number of carbonyl (C=O) groups is 5. The summed E-state index contributed by atoms with van der Waals surface area (Å²) < 4.78 is 0. The summed E-state index contributed by atoms with van der Waals surface area (Å²) in [7, 11) is 0. The van der Waals surface area contributed by atoms with Crippen molar-refractivity contribution < 1.29 is 39.3 Å². The van der Waals surface area contributed by atoms with Crippen molar-refractivity contribution in [2.24, 2.45) is 11.5 Å². The average molecular weight is 549 g/mol. The number of aliphatic hydroxyl groups is 1. The fraction of sp³-hybridized carbons (Fsp3) is 0.480. The van der Waals surface area contributed by atoms with Crippen molar-refractivity contribution in [2.45, 2.75) is 62.7 Å². The number of carbonyl (C=O) groups excluding carboxylic acids is 3. The molecule has 0 bridgehead atoms. The second-order valence-electron chi connectivity index (χ2n) is 9.09. The number of aromatic amines is 1. The number of aromatic nitrogens is 1. The average Bonchev–Trinajstić information content (AvgIpc) is 3.31. The van der Waals surface area contributed by atoms with Crippen molar-refractivity contribution in [2.75, 3.05) is 13.2 Å². The summed E-state index contributed by atoms with van der Waals surface area (Å²) in [6, 6.07) is 2.03. The van der Waals surface area contributed by atoms with Gasteiger partial charge in [-0.25, -0.2) is 4.79 Å². The van der Waals surface area contributed by atoms with Gasteiger partial charge in [0.25, 0.3) is 0 Å². The number of rotatable bonds is 17. The Morgan fingerprint density at radius 3 is 2.10 bits per heavy atom. The number of para-hydroxylation sites is 1. The molecule has 0 fully saturated rings. The van der Waals surface area contributed by atoms with Crippen LogP contribution in [0.4, 0.5) is 0 Å². The first-order valence-electron chi connectivity index (χ1n) is 12.5. The summed E-state index contributed by atoms with van der Waals surface area (Å²) in [5.41, 5.74) is 12.5. The maximum atomic E-state index is 13.1. The van der Waals surface area contributed by atoms with Gasteiger partial charge in [0.1, 0.15) is 24.2 Å². The molecule has 39 heavy (non-hydrogen) atoms. The number of amides is 3. The highest BCUT2D eigenvalue weighted by Crippen LogP contribution is 2.19. The fourth-order valence-corrected chi connectivity index (χ4v) is 3.93. The van der Waals surface area contributed by atoms with E-state index < -0.39 is 66.9 Å². The molecule has 4 atom stereocenters. The summed E-state index contributed by atoms with van der Waals surface area (Å²) in [6.07, 6.45) is 1.88. The maximum absolute atomic E-state index is 13.1. The summed E-state index contributed by atoms with van der Waals surface area (Å²) >= 11 is 0. The fourth-order valence-electron chi connectivity index (χ4n) is 3.93. The lowest BCUT2D eigenvalue weighted by Crippen LogP contribution is -2.57. The number of fused-ring (bicyclic) bond motifs is 1. The molecule has 1 aromatic heterocycles. The minimum atomic E-state index is -1.40. The molecular formula is C25H36N6O8. The van der Waals surface area contributed by atoms with Crippen molar-refractivity contribution in [3.8, 4) is 0 Å². The number of H-pyrrole nitrogens is 1. The van der Waals surface area contributed by atoms with Gasteiger partial charge < -0.3 is 47.7 Å². The van der Waals surface area contributed by atoms with Gasteiger partial charge in [-0.2, -0.15) is 0 Å². The van der Waals surface area contributed by atoms with E-state index in [0.717, 1.165) is 10.9 Å². The molecule has 0 aliphatic heterocycles. The van der Waals surface area contributed by atoms with Gasteiger partial charge in [-0.15, -0.1) is 0 Å². The standard InChI is InChI=1S/C25H36N6O8/c26-10-4-3-7-18(29-22(35)16(27)13-32)23(36)30-19(8-9-21(33)34)24(37)31-20(25(38)39)11-14-12-28-17-6-2-1-5-15(14)17/h1-2,5-6,12,16,18-20,28,32H,3-4,7-11,13,26-27H2,(H,29,35)(H,30,36)(H,31,37)(H,33,34)(H,38,39). The number of unbranched alkanes of at least 4 members (excludes halogenated alkanes) is 1. The molecule has 1 heterocycles. The number of aliphatic carboxylic acids is 2. The number of hydrogen-bond acceptors (Lipinski definition) is 8. The minimum absolute atomic E-state index is 0.0680. The molecule has 14 nitrogen and oxygen atoms in total. The molecule has 4 unspecified atom stereocenters. The predicted molar refractivity (Wildman–Crippen MR) is 140 cm³/mol. The normalized spacial score (nSPS) is 14.1. The molecule has 2 rings (SSSR count). The molecule has 1 aromatic carbocycles. The Morgan fingerprint density at radius 1 is 0.872 bits per heavy atom. The van der Waals surface area contributed by atoms with Crippen LogP contribution in [0.3, 0.4) is 0 Å². The van der Waals surface area contributed by atoms with E-state index in [9.17, 15) is 29.1 Å². The van der Waals surface area contributed by atoms with E-state index >= 15 is 0 Å². The summed E-state index contributed by atoms with van der Waals surface area (Å²) in [5, 5.41) is 36.0. The number of nitrogens with one attached hydrogen (secondary N) is 4. The Morgan fingerprint density at radius 2 is 1.49 bits per heavy atom. The maximum Gasteiger partial charge on any atom is 0.326 e. The number of aliphatic hydroxyl groups excluding tert-OH is 1. The molecule has 0 saturated heterocycles. The third-order valence-electron chi connectivity index (χ3n) is 6.11. The molecule has 0 saturated carbocycles. The Hall–Kier alpha value is -4.01.